The van der Waals surface area contributed by atoms with Crippen molar-refractivity contribution in [1.82, 2.24) is 10.2 Å². The molecule has 0 radical (unpaired) electrons. The van der Waals surface area contributed by atoms with Crippen molar-refractivity contribution >= 4 is 35.9 Å². The number of nitrogens with one attached hydrogen (secondary N) is 1. The number of hydrogen-bond donors (Lipinski definition) is 1. The van der Waals surface area contributed by atoms with E-state index in [1.54, 1.807) is 0 Å². The highest BCUT2D eigenvalue weighted by molar-refractivity contribution is 14.0. The standard InChI is InChI=1S/C19H35N3O3.HI/c1-20-19(22(2)13-9-16-10-14-24-15-11-16)21-12-5-8-18(23)25-17-6-3-4-7-17;/h16-17H,3-15H2,1-2H3,(H,20,21);1H. The van der Waals surface area contributed by atoms with E-state index >= 15 is 0 Å². The molecule has 2 aliphatic rings. The van der Waals surface area contributed by atoms with E-state index < -0.39 is 0 Å². The SMILES string of the molecule is CN=C(NCCCC(=O)OC1CCCC1)N(C)CCC1CCOCC1.I. The zero-order chi connectivity index (χ0) is 17.9. The molecule has 2 rings (SSSR count). The topological polar surface area (TPSA) is 63.2 Å². The van der Waals surface area contributed by atoms with Gasteiger partial charge in [0.15, 0.2) is 5.96 Å². The van der Waals surface area contributed by atoms with Gasteiger partial charge in [-0.15, -0.1) is 24.0 Å². The highest BCUT2D eigenvalue weighted by Gasteiger charge is 2.19. The highest BCUT2D eigenvalue weighted by Crippen LogP contribution is 2.21. The molecule has 6 nitrogen and oxygen atoms in total. The lowest BCUT2D eigenvalue weighted by molar-refractivity contribution is -0.148. The van der Waals surface area contributed by atoms with Gasteiger partial charge in [-0.25, -0.2) is 0 Å². The van der Waals surface area contributed by atoms with E-state index in [-0.39, 0.29) is 36.0 Å². The molecule has 0 unspecified atom stereocenters. The Bertz CT molecular complexity index is 422. The van der Waals surface area contributed by atoms with Gasteiger partial charge in [0.25, 0.3) is 0 Å². The number of nitrogens with zero attached hydrogens (tertiary/aromatic N) is 2. The predicted octanol–water partition coefficient (Wildman–Crippen LogP) is 3.19. The fourth-order valence-corrected chi connectivity index (χ4v) is 3.59. The van der Waals surface area contributed by atoms with E-state index in [1.807, 2.05) is 7.05 Å². The number of ether oxygens (including phenoxy) is 2. The molecule has 0 atom stereocenters. The van der Waals surface area contributed by atoms with Crippen LogP contribution in [0, 0.1) is 5.92 Å². The molecule has 0 amide bonds. The van der Waals surface area contributed by atoms with Crippen molar-refractivity contribution < 1.29 is 14.3 Å². The van der Waals surface area contributed by atoms with Crippen molar-refractivity contribution in [2.75, 3.05) is 40.4 Å². The zero-order valence-electron chi connectivity index (χ0n) is 16.4. The van der Waals surface area contributed by atoms with Crippen molar-refractivity contribution in [3.8, 4) is 0 Å². The normalized spacial score (nSPS) is 19.1. The minimum Gasteiger partial charge on any atom is -0.462 e. The quantitative estimate of drug-likeness (QED) is 0.190. The first-order valence-corrected chi connectivity index (χ1v) is 9.88. The van der Waals surface area contributed by atoms with E-state index in [1.165, 1.54) is 32.1 Å². The van der Waals surface area contributed by atoms with Crippen molar-refractivity contribution in [1.29, 1.82) is 0 Å². The Labute approximate surface area is 175 Å². The van der Waals surface area contributed by atoms with Gasteiger partial charge in [-0.1, -0.05) is 0 Å². The van der Waals surface area contributed by atoms with Gasteiger partial charge in [0.2, 0.25) is 0 Å². The number of rotatable bonds is 8. The van der Waals surface area contributed by atoms with Crippen molar-refractivity contribution in [3.05, 3.63) is 0 Å². The minimum absolute atomic E-state index is 0. The second kappa shape index (κ2) is 13.6. The summed E-state index contributed by atoms with van der Waals surface area (Å²) in [5, 5.41) is 3.35. The summed E-state index contributed by atoms with van der Waals surface area (Å²) in [7, 11) is 3.88. The van der Waals surface area contributed by atoms with Gasteiger partial charge in [0, 0.05) is 46.8 Å². The summed E-state index contributed by atoms with van der Waals surface area (Å²) in [5.41, 5.74) is 0. The molecule has 26 heavy (non-hydrogen) atoms. The fraction of sp³-hybridized carbons (Fsp3) is 0.895. The second-order valence-electron chi connectivity index (χ2n) is 7.24. The van der Waals surface area contributed by atoms with Crippen LogP contribution in [0.4, 0.5) is 0 Å². The maximum Gasteiger partial charge on any atom is 0.306 e. The molecule has 1 saturated carbocycles. The van der Waals surface area contributed by atoms with Crippen molar-refractivity contribution in [3.63, 3.8) is 0 Å². The summed E-state index contributed by atoms with van der Waals surface area (Å²) in [5.74, 6) is 1.60. The van der Waals surface area contributed by atoms with Crippen LogP contribution in [-0.4, -0.2) is 63.3 Å². The number of guanidine groups is 1. The van der Waals surface area contributed by atoms with Crippen LogP contribution in [0.15, 0.2) is 4.99 Å². The fourth-order valence-electron chi connectivity index (χ4n) is 3.59. The van der Waals surface area contributed by atoms with Gasteiger partial charge in [-0.2, -0.15) is 0 Å². The van der Waals surface area contributed by atoms with Gasteiger partial charge in [-0.3, -0.25) is 9.79 Å². The van der Waals surface area contributed by atoms with Gasteiger partial charge in [0.1, 0.15) is 6.10 Å². The number of carbonyl (C=O) groups excluding carboxylic acids is 1. The molecule has 152 valence electrons. The van der Waals surface area contributed by atoms with Gasteiger partial charge >= 0.3 is 5.97 Å². The largest absolute Gasteiger partial charge is 0.462 e. The predicted molar refractivity (Wildman–Crippen MR) is 115 cm³/mol. The third kappa shape index (κ3) is 8.88. The van der Waals surface area contributed by atoms with Crippen LogP contribution in [0.2, 0.25) is 0 Å². The van der Waals surface area contributed by atoms with Crippen LogP contribution < -0.4 is 5.32 Å². The second-order valence-corrected chi connectivity index (χ2v) is 7.24. The molecule has 1 heterocycles. The van der Waals surface area contributed by atoms with E-state index in [2.05, 4.69) is 22.3 Å². The summed E-state index contributed by atoms with van der Waals surface area (Å²) < 4.78 is 10.9. The molecule has 0 bridgehead atoms. The summed E-state index contributed by atoms with van der Waals surface area (Å²) in [6.07, 6.45) is 9.39. The smallest absolute Gasteiger partial charge is 0.306 e. The third-order valence-electron chi connectivity index (χ3n) is 5.23. The van der Waals surface area contributed by atoms with Crippen LogP contribution in [0.3, 0.4) is 0 Å². The van der Waals surface area contributed by atoms with E-state index in [4.69, 9.17) is 9.47 Å². The van der Waals surface area contributed by atoms with Crippen LogP contribution in [0.5, 0.6) is 0 Å². The lowest BCUT2D eigenvalue weighted by Gasteiger charge is -2.26. The summed E-state index contributed by atoms with van der Waals surface area (Å²) in [4.78, 5) is 18.3. The Hall–Kier alpha value is -0.570. The van der Waals surface area contributed by atoms with E-state index in [0.717, 1.165) is 57.4 Å². The Balaban J connectivity index is 0.00000338. The van der Waals surface area contributed by atoms with E-state index in [9.17, 15) is 4.79 Å². The number of halogens is 1. The number of esters is 1. The van der Waals surface area contributed by atoms with Crippen LogP contribution in [-0.2, 0) is 14.3 Å². The molecule has 2 fully saturated rings. The lowest BCUT2D eigenvalue weighted by Crippen LogP contribution is -2.40. The Morgan fingerprint density at radius 3 is 2.58 bits per heavy atom. The average molecular weight is 481 g/mol. The molecule has 7 heteroatoms. The molecule has 0 aromatic rings. The molecular formula is C19H36IN3O3. The van der Waals surface area contributed by atoms with E-state index in [0.29, 0.717) is 6.42 Å². The summed E-state index contributed by atoms with van der Waals surface area (Å²) >= 11 is 0. The molecule has 1 N–H and O–H groups in total. The van der Waals surface area contributed by atoms with Crippen molar-refractivity contribution in [2.45, 2.75) is 63.9 Å². The van der Waals surface area contributed by atoms with Gasteiger partial charge in [0.05, 0.1) is 0 Å². The first-order valence-electron chi connectivity index (χ1n) is 9.88. The Morgan fingerprint density at radius 2 is 1.92 bits per heavy atom. The molecule has 0 aromatic carbocycles. The maximum absolute atomic E-state index is 11.8. The summed E-state index contributed by atoms with van der Waals surface area (Å²) in [6.45, 7) is 3.54. The first kappa shape index (κ1) is 23.5. The number of hydrogen-bond acceptors (Lipinski definition) is 4. The molecule has 0 spiro atoms. The number of aliphatic imine (C=N–C) groups is 1. The zero-order valence-corrected chi connectivity index (χ0v) is 18.7. The van der Waals surface area contributed by atoms with Crippen molar-refractivity contribution in [2.24, 2.45) is 10.9 Å². The minimum atomic E-state index is -0.0587. The van der Waals surface area contributed by atoms with Gasteiger partial charge in [-0.05, 0) is 57.3 Å². The average Bonchev–Trinajstić information content (AvgIpc) is 3.13. The van der Waals surface area contributed by atoms with Crippen LogP contribution >= 0.6 is 24.0 Å². The third-order valence-corrected chi connectivity index (χ3v) is 5.23. The summed E-state index contributed by atoms with van der Waals surface area (Å²) in [6, 6.07) is 0. The van der Waals surface area contributed by atoms with Crippen LogP contribution in [0.1, 0.15) is 57.8 Å². The monoisotopic (exact) mass is 481 g/mol. The first-order chi connectivity index (χ1) is 12.2. The molecule has 0 aromatic heterocycles. The molecular weight excluding hydrogens is 445 g/mol. The Morgan fingerprint density at radius 1 is 1.23 bits per heavy atom. The maximum atomic E-state index is 11.8. The Kier molecular flexibility index (Phi) is 12.3. The highest BCUT2D eigenvalue weighted by atomic mass is 127. The van der Waals surface area contributed by atoms with Gasteiger partial charge < -0.3 is 19.7 Å². The molecule has 1 saturated heterocycles. The molecule has 1 aliphatic carbocycles. The number of carbonyl (C=O) groups is 1. The van der Waals surface area contributed by atoms with Crippen LogP contribution in [0.25, 0.3) is 0 Å². The molecule has 1 aliphatic heterocycles. The lowest BCUT2D eigenvalue weighted by atomic mass is 9.96.